The molecule has 1 saturated heterocycles. The van der Waals surface area contributed by atoms with E-state index in [1.165, 1.54) is 29.2 Å². The van der Waals surface area contributed by atoms with Crippen molar-refractivity contribution in [2.45, 2.75) is 79.2 Å². The van der Waals surface area contributed by atoms with Gasteiger partial charge in [-0.3, -0.25) is 9.59 Å². The van der Waals surface area contributed by atoms with Crippen molar-refractivity contribution >= 4 is 21.7 Å². The van der Waals surface area contributed by atoms with Crippen LogP contribution in [0.5, 0.6) is 0 Å². The van der Waals surface area contributed by atoms with E-state index in [9.17, 15) is 49.5 Å². The van der Waals surface area contributed by atoms with Gasteiger partial charge in [-0.05, 0) is 67.7 Å². The number of hydrogen-bond acceptors (Lipinski definition) is 4. The van der Waals surface area contributed by atoms with Gasteiger partial charge >= 0.3 is 24.0 Å². The number of carbonyl (C=O) groups excluding carboxylic acids is 1. The first-order chi connectivity index (χ1) is 20.4. The predicted octanol–water partition coefficient (Wildman–Crippen LogP) is 6.33. The minimum absolute atomic E-state index is 0.0551. The van der Waals surface area contributed by atoms with Gasteiger partial charge in [0.2, 0.25) is 5.91 Å². The highest BCUT2D eigenvalue weighted by Gasteiger charge is 2.74. The Hall–Kier alpha value is -3.16. The third-order valence-corrected chi connectivity index (χ3v) is 12.3. The molecule has 1 amide bonds. The lowest BCUT2D eigenvalue weighted by Crippen LogP contribution is -2.54. The SMILES string of the molecule is C[C@H]1C[C@H](C(=O)O)CC[C@H]1C(=O)N1CC[C@@]2(S(=O)(=O)c3ccccc3)c3ccc(C(F)(C(F)(F)F)C(F)(F)F)cc3CC[C@@H]12. The van der Waals surface area contributed by atoms with Crippen LogP contribution < -0.4 is 0 Å². The Morgan fingerprint density at radius 1 is 0.932 bits per heavy atom. The van der Waals surface area contributed by atoms with Crippen LogP contribution in [-0.2, 0) is 36.3 Å². The molecule has 5 atom stereocenters. The van der Waals surface area contributed by atoms with Crippen molar-refractivity contribution in [3.05, 3.63) is 65.2 Å². The second-order valence-corrected chi connectivity index (χ2v) is 14.2. The van der Waals surface area contributed by atoms with Gasteiger partial charge in [-0.25, -0.2) is 12.8 Å². The fourth-order valence-corrected chi connectivity index (χ4v) is 9.89. The summed E-state index contributed by atoms with van der Waals surface area (Å²) in [6.07, 6.45) is -12.4. The third kappa shape index (κ3) is 4.69. The fourth-order valence-electron chi connectivity index (χ4n) is 7.50. The highest BCUT2D eigenvalue weighted by molar-refractivity contribution is 7.92. The lowest BCUT2D eigenvalue weighted by molar-refractivity contribution is -0.348. The van der Waals surface area contributed by atoms with Crippen LogP contribution in [0.2, 0.25) is 0 Å². The van der Waals surface area contributed by atoms with Crippen LogP contribution in [0.25, 0.3) is 0 Å². The van der Waals surface area contributed by atoms with Gasteiger partial charge in [-0.15, -0.1) is 0 Å². The van der Waals surface area contributed by atoms with Crippen LogP contribution in [0.1, 0.15) is 55.7 Å². The number of halogens is 7. The standard InChI is InChI=1S/C30H30F7NO5S/c1-17-15-19(26(40)41)7-10-22(17)25(39)38-14-13-27(44(42,43)21-5-3-2-4-6-21)23-11-9-20(16-18(23)8-12-24(27)38)28(31,29(32,33)34)30(35,36)37/h2-6,9,11,16-17,19,22,24H,7-8,10,12-15H2,1H3,(H,40,41)/t17-,19+,22+,24+,27+/m0/s1. The van der Waals surface area contributed by atoms with Gasteiger partial charge in [0.05, 0.1) is 16.9 Å². The summed E-state index contributed by atoms with van der Waals surface area (Å²) >= 11 is 0. The molecule has 1 aliphatic heterocycles. The monoisotopic (exact) mass is 649 g/mol. The summed E-state index contributed by atoms with van der Waals surface area (Å²) < 4.78 is 123. The smallest absolute Gasteiger partial charge is 0.435 e. The normalized spacial score (nSPS) is 27.9. The Bertz CT molecular complexity index is 1550. The zero-order valence-corrected chi connectivity index (χ0v) is 24.3. The number of likely N-dealkylation sites (tertiary alicyclic amines) is 1. The number of aryl methyl sites for hydroxylation is 1. The quantitative estimate of drug-likeness (QED) is 0.383. The van der Waals surface area contributed by atoms with E-state index in [2.05, 4.69) is 0 Å². The molecule has 1 heterocycles. The molecule has 1 N–H and O–H groups in total. The Labute approximate surface area is 249 Å². The maximum absolute atomic E-state index is 15.0. The largest absolute Gasteiger partial charge is 0.481 e. The van der Waals surface area contributed by atoms with Gasteiger partial charge < -0.3 is 10.0 Å². The number of benzene rings is 2. The van der Waals surface area contributed by atoms with Crippen LogP contribution in [-0.4, -0.2) is 55.2 Å². The maximum Gasteiger partial charge on any atom is 0.435 e. The first kappa shape index (κ1) is 32.2. The number of carboxylic acid groups (broad SMARTS) is 1. The van der Waals surface area contributed by atoms with E-state index >= 15 is 4.39 Å². The van der Waals surface area contributed by atoms with Crippen LogP contribution in [0.15, 0.2) is 53.4 Å². The number of rotatable bonds is 5. The molecule has 0 spiro atoms. The van der Waals surface area contributed by atoms with Gasteiger partial charge in [-0.1, -0.05) is 43.3 Å². The van der Waals surface area contributed by atoms with Crippen LogP contribution in [0.3, 0.4) is 0 Å². The molecule has 14 heteroatoms. The van der Waals surface area contributed by atoms with Crippen molar-refractivity contribution < 1.29 is 53.8 Å². The lowest BCUT2D eigenvalue weighted by atomic mass is 9.73. The predicted molar refractivity (Wildman–Crippen MR) is 143 cm³/mol. The van der Waals surface area contributed by atoms with Crippen molar-refractivity contribution in [3.63, 3.8) is 0 Å². The molecule has 3 aliphatic rings. The summed E-state index contributed by atoms with van der Waals surface area (Å²) in [5, 5.41) is 9.42. The van der Waals surface area contributed by atoms with Gasteiger partial charge in [0.25, 0.3) is 0 Å². The van der Waals surface area contributed by atoms with Crippen molar-refractivity contribution in [2.24, 2.45) is 17.8 Å². The van der Waals surface area contributed by atoms with E-state index in [0.717, 1.165) is 6.07 Å². The van der Waals surface area contributed by atoms with Gasteiger partial charge in [0.15, 0.2) is 9.84 Å². The first-order valence-corrected chi connectivity index (χ1v) is 15.7. The van der Waals surface area contributed by atoms with Crippen LogP contribution >= 0.6 is 0 Å². The second kappa shape index (κ2) is 10.7. The van der Waals surface area contributed by atoms with E-state index < -0.39 is 62.0 Å². The molecule has 2 aliphatic carbocycles. The molecule has 0 aromatic heterocycles. The summed E-state index contributed by atoms with van der Waals surface area (Å²) in [4.78, 5) is 26.8. The maximum atomic E-state index is 15.0. The van der Waals surface area contributed by atoms with Gasteiger partial charge in [0, 0.05) is 18.0 Å². The van der Waals surface area contributed by atoms with E-state index in [0.29, 0.717) is 12.1 Å². The van der Waals surface area contributed by atoms with Crippen LogP contribution in [0, 0.1) is 17.8 Å². The number of aliphatic carboxylic acids is 1. The fraction of sp³-hybridized carbons (Fsp3) is 0.533. The molecule has 5 rings (SSSR count). The first-order valence-electron chi connectivity index (χ1n) is 14.2. The molecule has 1 saturated carbocycles. The van der Waals surface area contributed by atoms with E-state index in [4.69, 9.17) is 0 Å². The highest BCUT2D eigenvalue weighted by atomic mass is 32.2. The summed E-state index contributed by atoms with van der Waals surface area (Å²) in [7, 11) is -4.42. The molecule has 44 heavy (non-hydrogen) atoms. The Morgan fingerprint density at radius 3 is 2.14 bits per heavy atom. The minimum Gasteiger partial charge on any atom is -0.481 e. The zero-order chi connectivity index (χ0) is 32.5. The number of fused-ring (bicyclic) bond motifs is 3. The summed E-state index contributed by atoms with van der Waals surface area (Å²) in [6, 6.07) is 7.77. The van der Waals surface area contributed by atoms with E-state index in [1.54, 1.807) is 13.0 Å². The highest BCUT2D eigenvalue weighted by Crippen LogP contribution is 2.57. The lowest BCUT2D eigenvalue weighted by Gasteiger charge is -2.44. The molecular weight excluding hydrogens is 619 g/mol. The summed E-state index contributed by atoms with van der Waals surface area (Å²) in [5.74, 6) is -2.85. The minimum atomic E-state index is -6.34. The average molecular weight is 650 g/mol. The van der Waals surface area contributed by atoms with Gasteiger partial charge in [0.1, 0.15) is 4.75 Å². The van der Waals surface area contributed by atoms with E-state index in [-0.39, 0.29) is 72.9 Å². The van der Waals surface area contributed by atoms with Crippen molar-refractivity contribution in [1.29, 1.82) is 0 Å². The van der Waals surface area contributed by atoms with Crippen LogP contribution in [0.4, 0.5) is 30.7 Å². The number of carbonyl (C=O) groups is 2. The molecule has 0 bridgehead atoms. The average Bonchev–Trinajstić information content (AvgIpc) is 3.37. The van der Waals surface area contributed by atoms with Crippen molar-refractivity contribution in [1.82, 2.24) is 4.90 Å². The topological polar surface area (TPSA) is 91.8 Å². The number of sulfone groups is 1. The molecule has 240 valence electrons. The molecule has 0 radical (unpaired) electrons. The van der Waals surface area contributed by atoms with Crippen molar-refractivity contribution in [3.8, 4) is 0 Å². The molecule has 6 nitrogen and oxygen atoms in total. The molecular formula is C30H30F7NO5S. The number of carboxylic acids is 1. The Morgan fingerprint density at radius 2 is 1.57 bits per heavy atom. The Kier molecular flexibility index (Phi) is 7.86. The van der Waals surface area contributed by atoms with Gasteiger partial charge in [-0.2, -0.15) is 26.3 Å². The number of hydrogen-bond donors (Lipinski definition) is 1. The van der Waals surface area contributed by atoms with E-state index in [1.807, 2.05) is 0 Å². The molecule has 0 unspecified atom stereocenters. The summed E-state index contributed by atoms with van der Waals surface area (Å²) in [6.45, 7) is 1.70. The summed E-state index contributed by atoms with van der Waals surface area (Å²) in [5.41, 5.74) is -7.61. The second-order valence-electron chi connectivity index (χ2n) is 12.0. The zero-order valence-electron chi connectivity index (χ0n) is 23.5. The molecule has 2 aromatic rings. The number of alkyl halides is 7. The number of amides is 1. The molecule has 2 aromatic carbocycles. The third-order valence-electron chi connectivity index (χ3n) is 9.72. The number of nitrogens with zero attached hydrogens (tertiary/aromatic N) is 1. The Balaban J connectivity index is 1.62. The molecule has 2 fully saturated rings. The van der Waals surface area contributed by atoms with Crippen molar-refractivity contribution in [2.75, 3.05) is 6.54 Å².